The summed E-state index contributed by atoms with van der Waals surface area (Å²) in [6.07, 6.45) is 0. The Labute approximate surface area is 139 Å². The Balaban J connectivity index is 2.17. The highest BCUT2D eigenvalue weighted by atomic mass is 16.5. The third-order valence-corrected chi connectivity index (χ3v) is 3.02. The van der Waals surface area contributed by atoms with Gasteiger partial charge in [-0.1, -0.05) is 0 Å². The van der Waals surface area contributed by atoms with Crippen LogP contribution in [0.4, 0.5) is 0 Å². The van der Waals surface area contributed by atoms with Gasteiger partial charge < -0.3 is 25.4 Å². The molecular weight excluding hydrogens is 292 g/mol. The van der Waals surface area contributed by atoms with E-state index < -0.39 is 0 Å². The van der Waals surface area contributed by atoms with E-state index in [-0.39, 0.29) is 5.54 Å². The summed E-state index contributed by atoms with van der Waals surface area (Å²) in [5.74, 6) is 2.42. The molecule has 1 aromatic carbocycles. The number of methoxy groups -OCH3 is 1. The number of guanidine groups is 1. The second-order valence-electron chi connectivity index (χ2n) is 6.13. The van der Waals surface area contributed by atoms with Crippen molar-refractivity contribution in [1.29, 1.82) is 0 Å². The fourth-order valence-corrected chi connectivity index (χ4v) is 1.85. The normalized spacial score (nSPS) is 12.0. The second kappa shape index (κ2) is 9.94. The van der Waals surface area contributed by atoms with E-state index in [2.05, 4.69) is 41.7 Å². The lowest BCUT2D eigenvalue weighted by molar-refractivity contribution is 0.321. The van der Waals surface area contributed by atoms with E-state index in [1.165, 1.54) is 0 Å². The van der Waals surface area contributed by atoms with Crippen LogP contribution in [0, 0.1) is 0 Å². The highest BCUT2D eigenvalue weighted by molar-refractivity contribution is 5.79. The van der Waals surface area contributed by atoms with Crippen molar-refractivity contribution in [1.82, 2.24) is 16.0 Å². The van der Waals surface area contributed by atoms with E-state index in [0.717, 1.165) is 30.5 Å². The number of ether oxygens (including phenoxy) is 2. The van der Waals surface area contributed by atoms with Crippen LogP contribution < -0.4 is 25.4 Å². The molecular formula is C17H30N4O2. The van der Waals surface area contributed by atoms with E-state index >= 15 is 0 Å². The van der Waals surface area contributed by atoms with Crippen molar-refractivity contribution in [2.45, 2.75) is 26.3 Å². The first-order valence-corrected chi connectivity index (χ1v) is 7.91. The van der Waals surface area contributed by atoms with Crippen molar-refractivity contribution < 1.29 is 9.47 Å². The molecule has 1 rings (SSSR count). The first-order chi connectivity index (χ1) is 10.9. The van der Waals surface area contributed by atoms with Gasteiger partial charge in [0.2, 0.25) is 0 Å². The Morgan fingerprint density at radius 2 is 1.61 bits per heavy atom. The van der Waals surface area contributed by atoms with Crippen LogP contribution in [0.25, 0.3) is 0 Å². The standard InChI is InChI=1S/C17H30N4O2/c1-17(2,3)21-11-10-19-16(18-4)20-12-13-23-15-8-6-14(22-5)7-9-15/h6-9,21H,10-13H2,1-5H3,(H2,18,19,20). The third kappa shape index (κ3) is 8.93. The molecule has 0 amide bonds. The van der Waals surface area contributed by atoms with Gasteiger partial charge in [-0.05, 0) is 45.0 Å². The minimum atomic E-state index is 0.130. The predicted octanol–water partition coefficient (Wildman–Crippen LogP) is 1.63. The second-order valence-corrected chi connectivity index (χ2v) is 6.13. The lowest BCUT2D eigenvalue weighted by atomic mass is 10.1. The number of nitrogens with one attached hydrogen (secondary N) is 3. The van der Waals surface area contributed by atoms with Crippen LogP contribution in [-0.4, -0.2) is 51.9 Å². The predicted molar refractivity (Wildman–Crippen MR) is 95.6 cm³/mol. The molecule has 0 unspecified atom stereocenters. The molecule has 0 fully saturated rings. The summed E-state index contributed by atoms with van der Waals surface area (Å²) in [5, 5.41) is 9.90. The van der Waals surface area contributed by atoms with Gasteiger partial charge in [-0.15, -0.1) is 0 Å². The SMILES string of the molecule is CN=C(NCCNC(C)(C)C)NCCOc1ccc(OC)cc1. The van der Waals surface area contributed by atoms with Gasteiger partial charge in [0.05, 0.1) is 13.7 Å². The molecule has 0 spiro atoms. The lowest BCUT2D eigenvalue weighted by Crippen LogP contribution is -2.45. The summed E-state index contributed by atoms with van der Waals surface area (Å²) in [6.45, 7) is 9.39. The smallest absolute Gasteiger partial charge is 0.191 e. The molecule has 3 N–H and O–H groups in total. The van der Waals surface area contributed by atoms with E-state index in [1.54, 1.807) is 14.2 Å². The number of benzene rings is 1. The van der Waals surface area contributed by atoms with Crippen molar-refractivity contribution in [3.63, 3.8) is 0 Å². The van der Waals surface area contributed by atoms with Crippen molar-refractivity contribution >= 4 is 5.96 Å². The van der Waals surface area contributed by atoms with Crippen LogP contribution in [0.2, 0.25) is 0 Å². The average Bonchev–Trinajstić information content (AvgIpc) is 2.53. The zero-order valence-corrected chi connectivity index (χ0v) is 14.9. The van der Waals surface area contributed by atoms with E-state index in [0.29, 0.717) is 13.2 Å². The van der Waals surface area contributed by atoms with Gasteiger partial charge in [-0.2, -0.15) is 0 Å². The fraction of sp³-hybridized carbons (Fsp3) is 0.588. The van der Waals surface area contributed by atoms with Crippen LogP contribution in [0.15, 0.2) is 29.3 Å². The number of nitrogens with zero attached hydrogens (tertiary/aromatic N) is 1. The molecule has 0 aliphatic rings. The minimum Gasteiger partial charge on any atom is -0.497 e. The van der Waals surface area contributed by atoms with Crippen LogP contribution in [0.1, 0.15) is 20.8 Å². The molecule has 0 aliphatic carbocycles. The topological polar surface area (TPSA) is 66.9 Å². The Kier molecular flexibility index (Phi) is 8.26. The van der Waals surface area contributed by atoms with Gasteiger partial charge in [0.25, 0.3) is 0 Å². The van der Waals surface area contributed by atoms with E-state index in [9.17, 15) is 0 Å². The highest BCUT2D eigenvalue weighted by Crippen LogP contribution is 2.16. The summed E-state index contributed by atoms with van der Waals surface area (Å²) < 4.78 is 10.8. The average molecular weight is 322 g/mol. The molecule has 6 heteroatoms. The molecule has 6 nitrogen and oxygen atoms in total. The Morgan fingerprint density at radius 1 is 1.00 bits per heavy atom. The van der Waals surface area contributed by atoms with Crippen LogP contribution >= 0.6 is 0 Å². The zero-order valence-electron chi connectivity index (χ0n) is 14.9. The Hall–Kier alpha value is -1.95. The van der Waals surface area contributed by atoms with Crippen molar-refractivity contribution in [2.24, 2.45) is 4.99 Å². The zero-order chi connectivity index (χ0) is 17.1. The summed E-state index contributed by atoms with van der Waals surface area (Å²) in [7, 11) is 3.41. The van der Waals surface area contributed by atoms with Gasteiger partial charge >= 0.3 is 0 Å². The quantitative estimate of drug-likeness (QED) is 0.386. The summed E-state index contributed by atoms with van der Waals surface area (Å²) in [5.41, 5.74) is 0.130. The van der Waals surface area contributed by atoms with Gasteiger partial charge in [0, 0.05) is 25.7 Å². The maximum absolute atomic E-state index is 5.66. The molecule has 23 heavy (non-hydrogen) atoms. The minimum absolute atomic E-state index is 0.130. The molecule has 130 valence electrons. The number of hydrogen-bond donors (Lipinski definition) is 3. The van der Waals surface area contributed by atoms with Crippen molar-refractivity contribution in [2.75, 3.05) is 40.4 Å². The van der Waals surface area contributed by atoms with Crippen LogP contribution in [0.3, 0.4) is 0 Å². The number of hydrogen-bond acceptors (Lipinski definition) is 4. The fourth-order valence-electron chi connectivity index (χ4n) is 1.85. The van der Waals surface area contributed by atoms with E-state index in [1.807, 2.05) is 24.3 Å². The van der Waals surface area contributed by atoms with Crippen LogP contribution in [0.5, 0.6) is 11.5 Å². The number of rotatable bonds is 8. The molecule has 0 aliphatic heterocycles. The molecule has 0 heterocycles. The third-order valence-electron chi connectivity index (χ3n) is 3.02. The Morgan fingerprint density at radius 3 is 2.17 bits per heavy atom. The lowest BCUT2D eigenvalue weighted by Gasteiger charge is -2.21. The molecule has 0 atom stereocenters. The Bertz CT molecular complexity index is 466. The van der Waals surface area contributed by atoms with Gasteiger partial charge in [-0.25, -0.2) is 0 Å². The van der Waals surface area contributed by atoms with Crippen molar-refractivity contribution in [3.8, 4) is 11.5 Å². The van der Waals surface area contributed by atoms with E-state index in [4.69, 9.17) is 9.47 Å². The molecule has 0 saturated carbocycles. The number of aliphatic imine (C=N–C) groups is 1. The highest BCUT2D eigenvalue weighted by Gasteiger charge is 2.07. The summed E-state index contributed by atoms with van der Waals surface area (Å²) >= 11 is 0. The van der Waals surface area contributed by atoms with Crippen LogP contribution in [-0.2, 0) is 0 Å². The van der Waals surface area contributed by atoms with Crippen molar-refractivity contribution in [3.05, 3.63) is 24.3 Å². The molecule has 0 bridgehead atoms. The monoisotopic (exact) mass is 322 g/mol. The molecule has 1 aromatic rings. The first-order valence-electron chi connectivity index (χ1n) is 7.91. The summed E-state index contributed by atoms with van der Waals surface area (Å²) in [4.78, 5) is 4.18. The largest absolute Gasteiger partial charge is 0.497 e. The maximum Gasteiger partial charge on any atom is 0.191 e. The molecule has 0 radical (unpaired) electrons. The van der Waals surface area contributed by atoms with Gasteiger partial charge in [0.15, 0.2) is 5.96 Å². The molecule has 0 saturated heterocycles. The summed E-state index contributed by atoms with van der Waals surface area (Å²) in [6, 6.07) is 7.55. The maximum atomic E-state index is 5.66. The molecule has 0 aromatic heterocycles. The first kappa shape index (κ1) is 19.1. The van der Waals surface area contributed by atoms with Gasteiger partial charge in [-0.3, -0.25) is 4.99 Å². The van der Waals surface area contributed by atoms with Gasteiger partial charge in [0.1, 0.15) is 18.1 Å².